The van der Waals surface area contributed by atoms with E-state index in [2.05, 4.69) is 15.6 Å². The average molecular weight is 358 g/mol. The van der Waals surface area contributed by atoms with E-state index in [1.54, 1.807) is 14.1 Å². The van der Waals surface area contributed by atoms with Crippen LogP contribution in [0.15, 0.2) is 4.99 Å². The largest absolute Gasteiger partial charge is 0.444 e. The van der Waals surface area contributed by atoms with Crippen LogP contribution in [-0.2, 0) is 9.47 Å². The van der Waals surface area contributed by atoms with Gasteiger partial charge in [0.15, 0.2) is 5.96 Å². The van der Waals surface area contributed by atoms with Crippen molar-refractivity contribution >= 4 is 12.1 Å². The van der Waals surface area contributed by atoms with Crippen LogP contribution in [0, 0.1) is 5.41 Å². The van der Waals surface area contributed by atoms with Crippen LogP contribution >= 0.6 is 0 Å². The molecular weight excluding hydrogens is 324 g/mol. The smallest absolute Gasteiger partial charge is 0.410 e. The summed E-state index contributed by atoms with van der Waals surface area (Å²) in [4.78, 5) is 17.6. The van der Waals surface area contributed by atoms with Crippen LogP contribution in [0.3, 0.4) is 0 Å². The van der Waals surface area contributed by atoms with Gasteiger partial charge in [0, 0.05) is 52.4 Å². The van der Waals surface area contributed by atoms with Gasteiger partial charge >= 0.3 is 6.09 Å². The SMILES string of the molecule is CN=C(NCCN(C)C(=O)OC(C)(C)C)NCC1(CCO)CCOC1. The fourth-order valence-electron chi connectivity index (χ4n) is 2.58. The molecule has 0 bridgehead atoms. The van der Waals surface area contributed by atoms with E-state index in [0.717, 1.165) is 13.0 Å². The van der Waals surface area contributed by atoms with Gasteiger partial charge in [-0.2, -0.15) is 0 Å². The van der Waals surface area contributed by atoms with Crippen LogP contribution in [0.2, 0.25) is 0 Å². The molecule has 8 heteroatoms. The van der Waals surface area contributed by atoms with Crippen molar-refractivity contribution in [2.45, 2.75) is 39.2 Å². The van der Waals surface area contributed by atoms with Gasteiger partial charge in [0.2, 0.25) is 0 Å². The van der Waals surface area contributed by atoms with Gasteiger partial charge in [-0.05, 0) is 33.6 Å². The average Bonchev–Trinajstić information content (AvgIpc) is 2.98. The molecule has 1 atom stereocenters. The van der Waals surface area contributed by atoms with E-state index in [9.17, 15) is 9.90 Å². The molecule has 1 unspecified atom stereocenters. The third-order valence-corrected chi connectivity index (χ3v) is 4.13. The van der Waals surface area contributed by atoms with Crippen LogP contribution in [0.25, 0.3) is 0 Å². The summed E-state index contributed by atoms with van der Waals surface area (Å²) < 4.78 is 10.8. The summed E-state index contributed by atoms with van der Waals surface area (Å²) >= 11 is 0. The molecule has 25 heavy (non-hydrogen) atoms. The second-order valence-corrected chi connectivity index (χ2v) is 7.53. The van der Waals surface area contributed by atoms with E-state index in [4.69, 9.17) is 9.47 Å². The number of aliphatic hydroxyl groups is 1. The molecule has 1 amide bonds. The molecule has 146 valence electrons. The molecule has 3 N–H and O–H groups in total. The van der Waals surface area contributed by atoms with E-state index in [-0.39, 0.29) is 18.1 Å². The summed E-state index contributed by atoms with van der Waals surface area (Å²) in [7, 11) is 3.41. The van der Waals surface area contributed by atoms with Gasteiger partial charge in [-0.3, -0.25) is 4.99 Å². The van der Waals surface area contributed by atoms with Gasteiger partial charge in [-0.1, -0.05) is 0 Å². The van der Waals surface area contributed by atoms with E-state index in [0.29, 0.717) is 38.6 Å². The van der Waals surface area contributed by atoms with Crippen LogP contribution in [0.5, 0.6) is 0 Å². The van der Waals surface area contributed by atoms with Crippen molar-refractivity contribution in [1.82, 2.24) is 15.5 Å². The first kappa shape index (κ1) is 21.5. The van der Waals surface area contributed by atoms with Crippen LogP contribution in [0.1, 0.15) is 33.6 Å². The number of aliphatic imine (C=N–C) groups is 1. The lowest BCUT2D eigenvalue weighted by Gasteiger charge is -2.28. The fourth-order valence-corrected chi connectivity index (χ4v) is 2.58. The molecule has 0 aromatic carbocycles. The predicted molar refractivity (Wildman–Crippen MR) is 97.8 cm³/mol. The molecule has 0 aliphatic carbocycles. The van der Waals surface area contributed by atoms with Gasteiger partial charge in [0.25, 0.3) is 0 Å². The maximum absolute atomic E-state index is 11.9. The van der Waals surface area contributed by atoms with Crippen molar-refractivity contribution < 1.29 is 19.4 Å². The van der Waals surface area contributed by atoms with Crippen LogP contribution in [0.4, 0.5) is 4.79 Å². The highest BCUT2D eigenvalue weighted by Crippen LogP contribution is 2.31. The number of ether oxygens (including phenoxy) is 2. The molecule has 8 nitrogen and oxygen atoms in total. The van der Waals surface area contributed by atoms with E-state index in [1.807, 2.05) is 20.8 Å². The highest BCUT2D eigenvalue weighted by atomic mass is 16.6. The maximum Gasteiger partial charge on any atom is 0.410 e. The molecule has 1 saturated heterocycles. The van der Waals surface area contributed by atoms with E-state index in [1.165, 1.54) is 4.90 Å². The second-order valence-electron chi connectivity index (χ2n) is 7.53. The molecule has 0 aromatic rings. The summed E-state index contributed by atoms with van der Waals surface area (Å²) in [6.45, 7) is 8.81. The summed E-state index contributed by atoms with van der Waals surface area (Å²) in [6, 6.07) is 0. The first-order valence-corrected chi connectivity index (χ1v) is 8.79. The molecular formula is C17H34N4O4. The molecule has 1 aliphatic heterocycles. The number of carbonyl (C=O) groups is 1. The fraction of sp³-hybridized carbons (Fsp3) is 0.882. The van der Waals surface area contributed by atoms with Crippen LogP contribution < -0.4 is 10.6 Å². The van der Waals surface area contributed by atoms with Crippen molar-refractivity contribution in [2.75, 3.05) is 53.6 Å². The quantitative estimate of drug-likeness (QED) is 0.460. The number of amides is 1. The third-order valence-electron chi connectivity index (χ3n) is 4.13. The molecule has 1 fully saturated rings. The van der Waals surface area contributed by atoms with Crippen LogP contribution in [-0.4, -0.2) is 81.2 Å². The monoisotopic (exact) mass is 358 g/mol. The zero-order valence-electron chi connectivity index (χ0n) is 16.2. The van der Waals surface area contributed by atoms with Gasteiger partial charge in [-0.25, -0.2) is 4.79 Å². The molecule has 0 radical (unpaired) electrons. The summed E-state index contributed by atoms with van der Waals surface area (Å²) in [5.41, 5.74) is -0.541. The second kappa shape index (κ2) is 9.82. The Bertz CT molecular complexity index is 442. The Hall–Kier alpha value is -1.54. The Morgan fingerprint density at radius 3 is 2.64 bits per heavy atom. The summed E-state index contributed by atoms with van der Waals surface area (Å²) in [5.74, 6) is 0.668. The molecule has 0 saturated carbocycles. The number of aliphatic hydroxyl groups excluding tert-OH is 1. The third kappa shape index (κ3) is 7.92. The van der Waals surface area contributed by atoms with Crippen molar-refractivity contribution in [3.8, 4) is 0 Å². The van der Waals surface area contributed by atoms with Gasteiger partial charge in [0.05, 0.1) is 6.61 Å². The van der Waals surface area contributed by atoms with Gasteiger partial charge < -0.3 is 30.1 Å². The number of guanidine groups is 1. The molecule has 1 rings (SSSR count). The first-order valence-electron chi connectivity index (χ1n) is 8.79. The highest BCUT2D eigenvalue weighted by molar-refractivity contribution is 5.79. The molecule has 0 spiro atoms. The zero-order chi connectivity index (χ0) is 18.9. The Labute approximate surface area is 151 Å². The summed E-state index contributed by atoms with van der Waals surface area (Å²) in [6.07, 6.45) is 1.29. The number of hydrogen-bond acceptors (Lipinski definition) is 5. The minimum Gasteiger partial charge on any atom is -0.444 e. The lowest BCUT2D eigenvalue weighted by molar-refractivity contribution is 0.0302. The Kier molecular flexibility index (Phi) is 8.44. The first-order chi connectivity index (χ1) is 11.7. The van der Waals surface area contributed by atoms with Crippen molar-refractivity contribution in [1.29, 1.82) is 0 Å². The number of carbonyl (C=O) groups excluding carboxylic acids is 1. The molecule has 1 aliphatic rings. The minimum absolute atomic E-state index is 0.0420. The normalized spacial score (nSPS) is 21.1. The van der Waals surface area contributed by atoms with Gasteiger partial charge in [0.1, 0.15) is 5.60 Å². The zero-order valence-corrected chi connectivity index (χ0v) is 16.2. The van der Waals surface area contributed by atoms with Gasteiger partial charge in [-0.15, -0.1) is 0 Å². The minimum atomic E-state index is -0.499. The summed E-state index contributed by atoms with van der Waals surface area (Å²) in [5, 5.41) is 15.7. The van der Waals surface area contributed by atoms with Crippen molar-refractivity contribution in [3.63, 3.8) is 0 Å². The van der Waals surface area contributed by atoms with E-state index < -0.39 is 5.60 Å². The molecule has 0 aromatic heterocycles. The molecule has 1 heterocycles. The van der Waals surface area contributed by atoms with E-state index >= 15 is 0 Å². The Morgan fingerprint density at radius 1 is 1.40 bits per heavy atom. The Balaban J connectivity index is 2.35. The lowest BCUT2D eigenvalue weighted by Crippen LogP contribution is -2.46. The predicted octanol–water partition coefficient (Wildman–Crippen LogP) is 0.807. The number of likely N-dealkylation sites (N-methyl/N-ethyl adjacent to an activating group) is 1. The highest BCUT2D eigenvalue weighted by Gasteiger charge is 2.34. The number of rotatable bonds is 7. The lowest BCUT2D eigenvalue weighted by atomic mass is 9.84. The Morgan fingerprint density at radius 2 is 2.12 bits per heavy atom. The van der Waals surface area contributed by atoms with Crippen molar-refractivity contribution in [3.05, 3.63) is 0 Å². The topological polar surface area (TPSA) is 95.4 Å². The number of hydrogen-bond donors (Lipinski definition) is 3. The number of nitrogens with zero attached hydrogens (tertiary/aromatic N) is 2. The standard InChI is InChI=1S/C17H34N4O4/c1-16(2,3)25-15(23)21(5)9-8-19-14(18-4)20-12-17(6-10-22)7-11-24-13-17/h22H,6-13H2,1-5H3,(H2,18,19,20). The van der Waals surface area contributed by atoms with Crippen molar-refractivity contribution in [2.24, 2.45) is 10.4 Å². The maximum atomic E-state index is 11.9. The number of nitrogens with one attached hydrogen (secondary N) is 2.